The van der Waals surface area contributed by atoms with E-state index in [4.69, 9.17) is 9.47 Å². The van der Waals surface area contributed by atoms with Gasteiger partial charge in [-0.3, -0.25) is 19.2 Å². The number of nitrogens with zero attached hydrogens (tertiary/aromatic N) is 3. The molecule has 0 spiro atoms. The number of aliphatic hydroxyl groups excluding tert-OH is 5. The summed E-state index contributed by atoms with van der Waals surface area (Å²) in [5, 5.41) is 63.8. The number of esters is 2. The first-order valence-corrected chi connectivity index (χ1v) is 18.4. The number of ether oxygens (including phenoxy) is 2. The molecule has 2 unspecified atom stereocenters. The van der Waals surface area contributed by atoms with Crippen molar-refractivity contribution in [1.29, 1.82) is 0 Å². The summed E-state index contributed by atoms with van der Waals surface area (Å²) in [4.78, 5) is 50.8. The highest BCUT2D eigenvalue weighted by Gasteiger charge is 2.49. The van der Waals surface area contributed by atoms with E-state index in [2.05, 4.69) is 20.9 Å². The third-order valence-electron chi connectivity index (χ3n) is 8.11. The van der Waals surface area contributed by atoms with Gasteiger partial charge < -0.3 is 45.6 Å². The third-order valence-corrected chi connectivity index (χ3v) is 9.29. The van der Waals surface area contributed by atoms with Gasteiger partial charge in [-0.1, -0.05) is 64.5 Å². The van der Waals surface area contributed by atoms with Crippen LogP contribution in [0.1, 0.15) is 104 Å². The van der Waals surface area contributed by atoms with Crippen LogP contribution in [0.25, 0.3) is 0 Å². The van der Waals surface area contributed by atoms with Gasteiger partial charge in [-0.15, -0.1) is 5.10 Å². The number of unbranched alkanes of at least 4 members (excludes halogenated alkanes) is 6. The van der Waals surface area contributed by atoms with E-state index in [0.29, 0.717) is 19.3 Å². The maximum absolute atomic E-state index is 13.4. The molecule has 2 rings (SSSR count). The van der Waals surface area contributed by atoms with Gasteiger partial charge in [-0.2, -0.15) is 11.8 Å². The number of anilines is 1. The molecular formula is C32H55N5O11S. The molecular weight excluding hydrogens is 662 g/mol. The Hall–Kier alpha value is -2.83. The first kappa shape index (κ1) is 42.3. The van der Waals surface area contributed by atoms with Crippen LogP contribution in [0.15, 0.2) is 6.20 Å². The van der Waals surface area contributed by atoms with Gasteiger partial charge in [-0.05, 0) is 19.3 Å². The van der Waals surface area contributed by atoms with E-state index in [0.717, 1.165) is 43.2 Å². The Morgan fingerprint density at radius 1 is 0.796 bits per heavy atom. The summed E-state index contributed by atoms with van der Waals surface area (Å²) >= 11 is 1.22. The van der Waals surface area contributed by atoms with Crippen LogP contribution < -0.4 is 10.6 Å². The standard InChI is InChI=1S/C32H55N5O11S/c1-4-7-10-13-23(38)33-21(19-49-18-20(48-25(40)15-12-9-6-3)17-47-24(39)14-11-8-5-2)32(46)34-22-16-37(36-35-22)26-27(41)29(43)31(45)30(44)28(26)42/h16,20-21,26-31,41-45H,4-15,17-19H2,1-3H3,(H,33,38)(H,34,46)/t20-,21-,26?,27+,28+,29-,30+,31?/m1/s1. The summed E-state index contributed by atoms with van der Waals surface area (Å²) in [5.74, 6) is -1.66. The van der Waals surface area contributed by atoms with Gasteiger partial charge >= 0.3 is 11.9 Å². The molecule has 280 valence electrons. The van der Waals surface area contributed by atoms with Crippen molar-refractivity contribution in [2.24, 2.45) is 0 Å². The molecule has 17 heteroatoms. The van der Waals surface area contributed by atoms with Gasteiger partial charge in [0.05, 0.1) is 6.20 Å². The molecule has 0 aromatic carbocycles. The topological polar surface area (TPSA) is 243 Å². The molecule has 49 heavy (non-hydrogen) atoms. The number of carbonyl (C=O) groups is 4. The Kier molecular flexibility index (Phi) is 19.7. The molecule has 0 aliphatic heterocycles. The monoisotopic (exact) mass is 717 g/mol. The van der Waals surface area contributed by atoms with E-state index in [1.807, 2.05) is 20.8 Å². The number of amides is 2. The molecule has 0 bridgehead atoms. The second-order valence-electron chi connectivity index (χ2n) is 12.3. The summed E-state index contributed by atoms with van der Waals surface area (Å²) in [6.45, 7) is 5.91. The molecule has 1 aromatic rings. The molecule has 1 heterocycles. The Labute approximate surface area is 291 Å². The second kappa shape index (κ2) is 22.8. The van der Waals surface area contributed by atoms with Crippen molar-refractivity contribution in [3.05, 3.63) is 6.20 Å². The summed E-state index contributed by atoms with van der Waals surface area (Å²) in [7, 11) is 0. The van der Waals surface area contributed by atoms with E-state index in [9.17, 15) is 44.7 Å². The van der Waals surface area contributed by atoms with Crippen LogP contribution in [0.5, 0.6) is 0 Å². The van der Waals surface area contributed by atoms with Crippen LogP contribution in [-0.4, -0.2) is 125 Å². The molecule has 0 saturated heterocycles. The zero-order chi connectivity index (χ0) is 36.3. The maximum Gasteiger partial charge on any atom is 0.306 e. The highest BCUT2D eigenvalue weighted by Crippen LogP contribution is 2.30. The highest BCUT2D eigenvalue weighted by molar-refractivity contribution is 7.99. The maximum atomic E-state index is 13.4. The molecule has 1 aromatic heterocycles. The second-order valence-corrected chi connectivity index (χ2v) is 13.4. The fraction of sp³-hybridized carbons (Fsp3) is 0.812. The number of nitrogens with one attached hydrogen (secondary N) is 2. The van der Waals surface area contributed by atoms with Gasteiger partial charge in [0.15, 0.2) is 5.82 Å². The summed E-state index contributed by atoms with van der Waals surface area (Å²) in [6.07, 6.45) is -0.269. The molecule has 0 radical (unpaired) electrons. The Morgan fingerprint density at radius 3 is 1.94 bits per heavy atom. The average Bonchev–Trinajstić information content (AvgIpc) is 3.52. The lowest BCUT2D eigenvalue weighted by molar-refractivity contribution is -0.200. The molecule has 16 nitrogen and oxygen atoms in total. The van der Waals surface area contributed by atoms with Crippen molar-refractivity contribution in [1.82, 2.24) is 20.3 Å². The number of hydrogen-bond acceptors (Lipinski definition) is 14. The van der Waals surface area contributed by atoms with Gasteiger partial charge in [0.2, 0.25) is 11.8 Å². The lowest BCUT2D eigenvalue weighted by Crippen LogP contribution is -2.61. The quantitative estimate of drug-likeness (QED) is 0.0617. The SMILES string of the molecule is CCCCCC(=O)N[C@H](CSC[C@@H](COC(=O)CCCCC)OC(=O)CCCCC)C(=O)Nc1cn(C2[C@H](O)[C@H](O)C(O)[C@H](O)[C@H]2O)nn1. The first-order chi connectivity index (χ1) is 23.4. The lowest BCUT2D eigenvalue weighted by Gasteiger charge is -2.41. The van der Waals surface area contributed by atoms with Gasteiger partial charge in [0, 0.05) is 30.8 Å². The third kappa shape index (κ3) is 14.5. The van der Waals surface area contributed by atoms with Crippen LogP contribution in [0.2, 0.25) is 0 Å². The smallest absolute Gasteiger partial charge is 0.306 e. The molecule has 7 N–H and O–H groups in total. The van der Waals surface area contributed by atoms with Crippen molar-refractivity contribution in [3.8, 4) is 0 Å². The van der Waals surface area contributed by atoms with Crippen LogP contribution in [0.4, 0.5) is 5.82 Å². The van der Waals surface area contributed by atoms with Gasteiger partial charge in [-0.25, -0.2) is 4.68 Å². The minimum atomic E-state index is -1.79. The Morgan fingerprint density at radius 2 is 1.35 bits per heavy atom. The zero-order valence-corrected chi connectivity index (χ0v) is 29.6. The van der Waals surface area contributed by atoms with E-state index < -0.39 is 60.6 Å². The fourth-order valence-electron chi connectivity index (χ4n) is 5.18. The molecule has 1 aliphatic rings. The summed E-state index contributed by atoms with van der Waals surface area (Å²) in [5.41, 5.74) is 0. The lowest BCUT2D eigenvalue weighted by atomic mass is 9.83. The van der Waals surface area contributed by atoms with Crippen molar-refractivity contribution in [3.63, 3.8) is 0 Å². The summed E-state index contributed by atoms with van der Waals surface area (Å²) in [6, 6.07) is -2.45. The van der Waals surface area contributed by atoms with Crippen molar-refractivity contribution in [2.45, 2.75) is 147 Å². The van der Waals surface area contributed by atoms with E-state index in [1.165, 1.54) is 18.0 Å². The molecule has 8 atom stereocenters. The van der Waals surface area contributed by atoms with Gasteiger partial charge in [0.1, 0.15) is 55.3 Å². The fourth-order valence-corrected chi connectivity index (χ4v) is 6.21. The number of rotatable bonds is 23. The number of hydrogen-bond donors (Lipinski definition) is 7. The number of aliphatic hydroxyl groups is 5. The zero-order valence-electron chi connectivity index (χ0n) is 28.7. The molecule has 1 fully saturated rings. The minimum absolute atomic E-state index is 0.0597. The predicted octanol–water partition coefficient (Wildman–Crippen LogP) is 0.990. The average molecular weight is 718 g/mol. The van der Waals surface area contributed by atoms with Crippen LogP contribution in [0, 0.1) is 0 Å². The number of carbonyl (C=O) groups excluding carboxylic acids is 4. The normalized spacial score (nSPS) is 23.3. The first-order valence-electron chi connectivity index (χ1n) is 17.3. The molecule has 2 amide bonds. The van der Waals surface area contributed by atoms with Crippen molar-refractivity contribution in [2.75, 3.05) is 23.4 Å². The predicted molar refractivity (Wildman–Crippen MR) is 180 cm³/mol. The van der Waals surface area contributed by atoms with E-state index in [-0.39, 0.29) is 55.1 Å². The van der Waals surface area contributed by atoms with Gasteiger partial charge in [0.25, 0.3) is 0 Å². The van der Waals surface area contributed by atoms with E-state index >= 15 is 0 Å². The van der Waals surface area contributed by atoms with Crippen LogP contribution in [0.3, 0.4) is 0 Å². The highest BCUT2D eigenvalue weighted by atomic mass is 32.2. The number of aromatic nitrogens is 3. The Bertz CT molecular complexity index is 1140. The molecule has 1 aliphatic carbocycles. The van der Waals surface area contributed by atoms with Crippen LogP contribution >= 0.6 is 11.8 Å². The summed E-state index contributed by atoms with van der Waals surface area (Å²) < 4.78 is 12.0. The van der Waals surface area contributed by atoms with E-state index in [1.54, 1.807) is 0 Å². The Balaban J connectivity index is 2.11. The molecule has 1 saturated carbocycles. The van der Waals surface area contributed by atoms with Crippen molar-refractivity contribution < 1.29 is 54.2 Å². The van der Waals surface area contributed by atoms with Crippen LogP contribution in [-0.2, 0) is 28.7 Å². The largest absolute Gasteiger partial charge is 0.462 e. The van der Waals surface area contributed by atoms with Crippen molar-refractivity contribution >= 4 is 41.3 Å². The number of thioether (sulfide) groups is 1. The minimum Gasteiger partial charge on any atom is -0.462 e.